The Morgan fingerprint density at radius 1 is 0.909 bits per heavy atom. The van der Waals surface area contributed by atoms with Crippen LogP contribution in [0.5, 0.6) is 5.75 Å². The highest BCUT2D eigenvalue weighted by Crippen LogP contribution is 2.34. The number of carbonyl (C=O) groups is 1. The fraction of sp³-hybridized carbons (Fsp3) is 0.214. The fourth-order valence-corrected chi connectivity index (χ4v) is 4.81. The zero-order chi connectivity index (χ0) is 22.9. The molecule has 0 aliphatic carbocycles. The molecule has 4 rings (SSSR count). The molecule has 0 saturated heterocycles. The van der Waals surface area contributed by atoms with Gasteiger partial charge in [0.1, 0.15) is 12.4 Å². The molecule has 3 aromatic carbocycles. The molecule has 33 heavy (non-hydrogen) atoms. The molecule has 0 amide bonds. The molecule has 0 saturated carbocycles. The van der Waals surface area contributed by atoms with E-state index in [1.165, 1.54) is 17.3 Å². The van der Waals surface area contributed by atoms with E-state index in [-0.39, 0.29) is 11.0 Å². The van der Waals surface area contributed by atoms with E-state index in [2.05, 4.69) is 35.3 Å². The maximum Gasteiger partial charge on any atom is 0.313 e. The number of nitrogens with zero attached hydrogens (tertiary/aromatic N) is 1. The zero-order valence-corrected chi connectivity index (χ0v) is 19.2. The van der Waals surface area contributed by atoms with Gasteiger partial charge >= 0.3 is 5.97 Å². The van der Waals surface area contributed by atoms with E-state index in [1.807, 2.05) is 60.7 Å². The summed E-state index contributed by atoms with van der Waals surface area (Å²) in [5.74, 6) is 0.0953. The Bertz CT molecular complexity index is 1180. The molecule has 0 bridgehead atoms. The zero-order valence-electron chi connectivity index (χ0n) is 18.4. The lowest BCUT2D eigenvalue weighted by Gasteiger charge is -2.17. The molecule has 0 aliphatic heterocycles. The van der Waals surface area contributed by atoms with Crippen molar-refractivity contribution in [1.82, 2.24) is 4.98 Å². The summed E-state index contributed by atoms with van der Waals surface area (Å²) in [6, 6.07) is 30.5. The first-order valence-electron chi connectivity index (χ1n) is 11.1. The lowest BCUT2D eigenvalue weighted by atomic mass is 10.0. The van der Waals surface area contributed by atoms with Gasteiger partial charge < -0.3 is 9.84 Å². The third kappa shape index (κ3) is 6.83. The first-order valence-corrected chi connectivity index (χ1v) is 12.2. The summed E-state index contributed by atoms with van der Waals surface area (Å²) in [5, 5.41) is 10.4. The van der Waals surface area contributed by atoms with Crippen molar-refractivity contribution in [2.75, 3.05) is 5.75 Å². The van der Waals surface area contributed by atoms with Crippen molar-refractivity contribution in [2.45, 2.75) is 31.1 Å². The van der Waals surface area contributed by atoms with E-state index in [9.17, 15) is 4.79 Å². The number of rotatable bonds is 11. The molecular formula is C28H27NO3S. The van der Waals surface area contributed by atoms with Crippen LogP contribution in [-0.2, 0) is 17.8 Å². The number of aliphatic carboxylic acids is 1. The van der Waals surface area contributed by atoms with Gasteiger partial charge in [-0.05, 0) is 54.7 Å². The van der Waals surface area contributed by atoms with E-state index in [4.69, 9.17) is 9.84 Å². The monoisotopic (exact) mass is 457 g/mol. The number of hydrogen-bond donors (Lipinski definition) is 1. The minimum atomic E-state index is -0.782. The summed E-state index contributed by atoms with van der Waals surface area (Å²) < 4.78 is 5.95. The Morgan fingerprint density at radius 3 is 2.45 bits per heavy atom. The number of pyridine rings is 1. The summed E-state index contributed by atoms with van der Waals surface area (Å²) in [6.45, 7) is 0.401. The molecule has 0 radical (unpaired) electrons. The normalized spacial score (nSPS) is 11.9. The highest BCUT2D eigenvalue weighted by atomic mass is 32.2. The van der Waals surface area contributed by atoms with Gasteiger partial charge in [-0.15, -0.1) is 11.8 Å². The topological polar surface area (TPSA) is 59.4 Å². The second kappa shape index (κ2) is 11.5. The number of fused-ring (bicyclic) bond motifs is 1. The number of hydrogen-bond acceptors (Lipinski definition) is 4. The molecule has 0 aliphatic rings. The van der Waals surface area contributed by atoms with E-state index >= 15 is 0 Å². The van der Waals surface area contributed by atoms with E-state index in [0.29, 0.717) is 6.61 Å². The predicted octanol–water partition coefficient (Wildman–Crippen LogP) is 6.70. The molecule has 4 aromatic rings. The third-order valence-corrected chi connectivity index (χ3v) is 6.80. The average Bonchev–Trinajstić information content (AvgIpc) is 2.85. The predicted molar refractivity (Wildman–Crippen MR) is 135 cm³/mol. The van der Waals surface area contributed by atoms with Gasteiger partial charge in [0.15, 0.2) is 0 Å². The van der Waals surface area contributed by atoms with Gasteiger partial charge in [-0.25, -0.2) is 4.98 Å². The van der Waals surface area contributed by atoms with Crippen molar-refractivity contribution >= 4 is 28.6 Å². The number of carboxylic acid groups (broad SMARTS) is 1. The van der Waals surface area contributed by atoms with Crippen LogP contribution in [0.1, 0.15) is 34.9 Å². The standard InChI is InChI=1S/C28H27NO3S/c30-28(31)20-33-27(12-6-9-21-7-2-1-3-8-21)23-14-17-25(18-15-23)32-19-24-16-13-22-10-4-5-11-26(22)29-24/h1-5,7-8,10-11,13-18,27H,6,9,12,19-20H2,(H,30,31)/t27-/m1/s1. The Hall–Kier alpha value is -3.31. The van der Waals surface area contributed by atoms with Crippen molar-refractivity contribution in [3.8, 4) is 5.75 Å². The second-order valence-electron chi connectivity index (χ2n) is 7.92. The number of thioether (sulfide) groups is 1. The summed E-state index contributed by atoms with van der Waals surface area (Å²) >= 11 is 1.48. The highest BCUT2D eigenvalue weighted by molar-refractivity contribution is 8.00. The number of ether oxygens (including phenoxy) is 1. The Kier molecular flexibility index (Phi) is 7.99. The second-order valence-corrected chi connectivity index (χ2v) is 9.12. The van der Waals surface area contributed by atoms with Crippen molar-refractivity contribution in [3.05, 3.63) is 108 Å². The van der Waals surface area contributed by atoms with Crippen LogP contribution in [-0.4, -0.2) is 21.8 Å². The van der Waals surface area contributed by atoms with Gasteiger partial charge in [-0.3, -0.25) is 4.79 Å². The van der Waals surface area contributed by atoms with Crippen LogP contribution in [0.2, 0.25) is 0 Å². The van der Waals surface area contributed by atoms with Crippen LogP contribution in [0, 0.1) is 0 Å². The van der Waals surface area contributed by atoms with Crippen LogP contribution in [0.4, 0.5) is 0 Å². The van der Waals surface area contributed by atoms with Crippen LogP contribution in [0.3, 0.4) is 0 Å². The first-order chi connectivity index (χ1) is 16.2. The number of benzene rings is 3. The Morgan fingerprint density at radius 2 is 1.67 bits per heavy atom. The molecule has 0 spiro atoms. The van der Waals surface area contributed by atoms with E-state index < -0.39 is 5.97 Å². The molecule has 5 heteroatoms. The fourth-order valence-electron chi connectivity index (χ4n) is 3.78. The molecule has 0 unspecified atom stereocenters. The highest BCUT2D eigenvalue weighted by Gasteiger charge is 2.14. The lowest BCUT2D eigenvalue weighted by molar-refractivity contribution is -0.133. The maximum atomic E-state index is 11.1. The number of para-hydroxylation sites is 1. The summed E-state index contributed by atoms with van der Waals surface area (Å²) in [5.41, 5.74) is 4.28. The first kappa shape index (κ1) is 22.9. The molecule has 1 atom stereocenters. The van der Waals surface area contributed by atoms with Crippen LogP contribution >= 0.6 is 11.8 Å². The van der Waals surface area contributed by atoms with Crippen molar-refractivity contribution < 1.29 is 14.6 Å². The average molecular weight is 458 g/mol. The summed E-state index contributed by atoms with van der Waals surface area (Å²) in [4.78, 5) is 15.8. The quantitative estimate of drug-likeness (QED) is 0.272. The minimum Gasteiger partial charge on any atom is -0.487 e. The van der Waals surface area contributed by atoms with Crippen LogP contribution in [0.25, 0.3) is 10.9 Å². The SMILES string of the molecule is O=C(O)CS[C@H](CCCc1ccccc1)c1ccc(OCc2ccc3ccccc3n2)cc1. The molecule has 1 N–H and O–H groups in total. The van der Waals surface area contributed by atoms with Crippen molar-refractivity contribution in [3.63, 3.8) is 0 Å². The number of aromatic nitrogens is 1. The summed E-state index contributed by atoms with van der Waals surface area (Å²) in [6.07, 6.45) is 2.92. The number of aryl methyl sites for hydroxylation is 1. The Balaban J connectivity index is 1.36. The van der Waals surface area contributed by atoms with Crippen molar-refractivity contribution in [1.29, 1.82) is 0 Å². The number of carboxylic acids is 1. The van der Waals surface area contributed by atoms with Crippen molar-refractivity contribution in [2.24, 2.45) is 0 Å². The van der Waals surface area contributed by atoms with Gasteiger partial charge in [0.2, 0.25) is 0 Å². The van der Waals surface area contributed by atoms with Gasteiger partial charge in [0.05, 0.1) is 17.0 Å². The maximum absolute atomic E-state index is 11.1. The lowest BCUT2D eigenvalue weighted by Crippen LogP contribution is -2.04. The minimum absolute atomic E-state index is 0.0991. The molecule has 4 nitrogen and oxygen atoms in total. The Labute approximate surface area is 198 Å². The molecule has 168 valence electrons. The van der Waals surface area contributed by atoms with Gasteiger partial charge in [0.25, 0.3) is 0 Å². The largest absolute Gasteiger partial charge is 0.487 e. The summed E-state index contributed by atoms with van der Waals surface area (Å²) in [7, 11) is 0. The van der Waals surface area contributed by atoms with Gasteiger partial charge in [0, 0.05) is 10.6 Å². The molecule has 1 heterocycles. The smallest absolute Gasteiger partial charge is 0.313 e. The van der Waals surface area contributed by atoms with E-state index in [0.717, 1.165) is 47.2 Å². The molecule has 1 aromatic heterocycles. The van der Waals surface area contributed by atoms with Crippen LogP contribution in [0.15, 0.2) is 91.0 Å². The third-order valence-electron chi connectivity index (χ3n) is 5.48. The van der Waals surface area contributed by atoms with Crippen LogP contribution < -0.4 is 4.74 Å². The van der Waals surface area contributed by atoms with Gasteiger partial charge in [-0.2, -0.15) is 0 Å². The van der Waals surface area contributed by atoms with Gasteiger partial charge in [-0.1, -0.05) is 66.7 Å². The molecular weight excluding hydrogens is 430 g/mol. The van der Waals surface area contributed by atoms with E-state index in [1.54, 1.807) is 0 Å². The molecule has 0 fully saturated rings.